The minimum Gasteiger partial charge on any atom is -0.617 e. The summed E-state index contributed by atoms with van der Waals surface area (Å²) in [5.41, 5.74) is 1.89. The summed E-state index contributed by atoms with van der Waals surface area (Å²) in [5.74, 6) is -0.0425. The third-order valence-corrected chi connectivity index (χ3v) is 2.97. The zero-order valence-electron chi connectivity index (χ0n) is 9.62. The van der Waals surface area contributed by atoms with Gasteiger partial charge in [-0.1, -0.05) is 6.07 Å². The molecular weight excluding hydrogens is 232 g/mol. The molecule has 0 atom stereocenters. The van der Waals surface area contributed by atoms with E-state index in [1.165, 1.54) is 18.2 Å². The number of phenolic OH excluding ortho intramolecular Hbond substituents is 1. The Labute approximate surface area is 102 Å². The third kappa shape index (κ3) is 1.34. The number of aryl methyl sites for hydroxylation is 1. The molecule has 2 aromatic carbocycles. The number of aromatic nitrogens is 2. The summed E-state index contributed by atoms with van der Waals surface area (Å²) in [4.78, 5) is 0. The van der Waals surface area contributed by atoms with Gasteiger partial charge in [0.1, 0.15) is 5.75 Å². The molecule has 90 valence electrons. The van der Waals surface area contributed by atoms with E-state index in [0.717, 1.165) is 5.56 Å². The van der Waals surface area contributed by atoms with Crippen LogP contribution in [0.15, 0.2) is 36.4 Å². The highest BCUT2D eigenvalue weighted by Crippen LogP contribution is 2.17. The third-order valence-electron chi connectivity index (χ3n) is 2.97. The number of rotatable bonds is 0. The molecule has 1 N–H and O–H groups in total. The van der Waals surface area contributed by atoms with Gasteiger partial charge in [-0.2, -0.15) is 9.46 Å². The molecule has 18 heavy (non-hydrogen) atoms. The largest absolute Gasteiger partial charge is 0.617 e. The number of fused-ring (bicyclic) bond motifs is 2. The van der Waals surface area contributed by atoms with Gasteiger partial charge in [-0.3, -0.25) is 0 Å². The minimum atomic E-state index is -0.0425. The van der Waals surface area contributed by atoms with Gasteiger partial charge in [0.05, 0.1) is 6.07 Å². The summed E-state index contributed by atoms with van der Waals surface area (Å²) in [7, 11) is 0. The molecule has 3 rings (SSSR count). The number of aromatic hydroxyl groups is 1. The average molecular weight is 242 g/mol. The molecule has 0 saturated carbocycles. The smallest absolute Gasteiger partial charge is 0.294 e. The zero-order valence-corrected chi connectivity index (χ0v) is 9.62. The van der Waals surface area contributed by atoms with E-state index in [9.17, 15) is 15.5 Å². The van der Waals surface area contributed by atoms with Crippen LogP contribution in [-0.2, 0) is 0 Å². The molecule has 5 nitrogen and oxygen atoms in total. The Morgan fingerprint density at radius 1 is 0.833 bits per heavy atom. The van der Waals surface area contributed by atoms with Crippen LogP contribution in [0.4, 0.5) is 0 Å². The van der Waals surface area contributed by atoms with Crippen LogP contribution >= 0.6 is 0 Å². The predicted octanol–water partition coefficient (Wildman–Crippen LogP) is 1.27. The van der Waals surface area contributed by atoms with Crippen LogP contribution in [0.1, 0.15) is 5.56 Å². The van der Waals surface area contributed by atoms with Crippen LogP contribution in [0.3, 0.4) is 0 Å². The maximum atomic E-state index is 12.2. The van der Waals surface area contributed by atoms with Crippen LogP contribution in [0.2, 0.25) is 0 Å². The summed E-state index contributed by atoms with van der Waals surface area (Å²) in [6, 6.07) is 9.17. The topological polar surface area (TPSA) is 74.1 Å². The average Bonchev–Trinajstić information content (AvgIpc) is 2.35. The SMILES string of the molecule is Cc1ccc2c(c1)[n+]([O-])c1cc(O)ccc1[n+]2[O-]. The van der Waals surface area contributed by atoms with Crippen LogP contribution in [0, 0.1) is 17.3 Å². The van der Waals surface area contributed by atoms with Gasteiger partial charge in [0.15, 0.2) is 0 Å². The van der Waals surface area contributed by atoms with E-state index < -0.39 is 0 Å². The second-order valence-electron chi connectivity index (χ2n) is 4.25. The van der Waals surface area contributed by atoms with Crippen molar-refractivity contribution in [1.82, 2.24) is 0 Å². The lowest BCUT2D eigenvalue weighted by Gasteiger charge is -2.07. The molecule has 0 aliphatic heterocycles. The lowest BCUT2D eigenvalue weighted by atomic mass is 10.2. The maximum absolute atomic E-state index is 12.2. The number of benzene rings is 2. The second-order valence-corrected chi connectivity index (χ2v) is 4.25. The van der Waals surface area contributed by atoms with Gasteiger partial charge in [0.2, 0.25) is 0 Å². The Hall–Kier alpha value is -2.56. The molecule has 0 fully saturated rings. The molecule has 1 heterocycles. The fourth-order valence-corrected chi connectivity index (χ4v) is 2.07. The first-order chi connectivity index (χ1) is 8.58. The van der Waals surface area contributed by atoms with Crippen molar-refractivity contribution in [2.75, 3.05) is 0 Å². The molecule has 0 spiro atoms. The second kappa shape index (κ2) is 3.46. The van der Waals surface area contributed by atoms with Gasteiger partial charge in [-0.05, 0) is 18.6 Å². The number of phenols is 1. The lowest BCUT2D eigenvalue weighted by molar-refractivity contribution is -0.591. The van der Waals surface area contributed by atoms with Crippen molar-refractivity contribution in [2.45, 2.75) is 6.92 Å². The molecule has 0 amide bonds. The highest BCUT2D eigenvalue weighted by Gasteiger charge is 2.21. The first-order valence-electron chi connectivity index (χ1n) is 5.46. The molecule has 1 aromatic heterocycles. The summed E-state index contributed by atoms with van der Waals surface area (Å²) >= 11 is 0. The van der Waals surface area contributed by atoms with E-state index in [1.807, 2.05) is 6.92 Å². The molecule has 3 aromatic rings. The van der Waals surface area contributed by atoms with Gasteiger partial charge >= 0.3 is 0 Å². The monoisotopic (exact) mass is 242 g/mol. The normalized spacial score (nSPS) is 11.2. The van der Waals surface area contributed by atoms with E-state index in [0.29, 0.717) is 20.5 Å². The van der Waals surface area contributed by atoms with Gasteiger partial charge < -0.3 is 15.5 Å². The van der Waals surface area contributed by atoms with Crippen molar-refractivity contribution < 1.29 is 14.6 Å². The van der Waals surface area contributed by atoms with Gasteiger partial charge in [0.25, 0.3) is 22.1 Å². The lowest BCUT2D eigenvalue weighted by Crippen LogP contribution is -2.39. The first kappa shape index (κ1) is 10.6. The number of nitrogens with zero attached hydrogens (tertiary/aromatic N) is 2. The fraction of sp³-hybridized carbons (Fsp3) is 0.0769. The highest BCUT2D eigenvalue weighted by molar-refractivity contribution is 5.77. The van der Waals surface area contributed by atoms with Gasteiger partial charge in [-0.15, -0.1) is 0 Å². The van der Waals surface area contributed by atoms with E-state index in [4.69, 9.17) is 0 Å². The van der Waals surface area contributed by atoms with Crippen molar-refractivity contribution in [3.63, 3.8) is 0 Å². The van der Waals surface area contributed by atoms with Crippen molar-refractivity contribution in [3.05, 3.63) is 52.4 Å². The summed E-state index contributed by atoms with van der Waals surface area (Å²) in [6.45, 7) is 1.85. The van der Waals surface area contributed by atoms with E-state index >= 15 is 0 Å². The number of hydrogen-bond acceptors (Lipinski definition) is 3. The number of hydrogen-bond donors (Lipinski definition) is 1. The Morgan fingerprint density at radius 3 is 2.11 bits per heavy atom. The fourth-order valence-electron chi connectivity index (χ4n) is 2.07. The van der Waals surface area contributed by atoms with Gasteiger partial charge in [0, 0.05) is 18.2 Å². The standard InChI is InChI=1S/C13H10N2O3/c1-8-2-4-10-12(6-8)15(18)13-7-9(16)3-5-11(13)14(10)17/h2-7,16H,1H3. The zero-order chi connectivity index (χ0) is 12.9. The maximum Gasteiger partial charge on any atom is 0.294 e. The van der Waals surface area contributed by atoms with Crippen molar-refractivity contribution in [2.24, 2.45) is 0 Å². The molecule has 0 bridgehead atoms. The molecule has 0 unspecified atom stereocenters. The summed E-state index contributed by atoms with van der Waals surface area (Å²) in [6.07, 6.45) is 0. The predicted molar refractivity (Wildman–Crippen MR) is 65.8 cm³/mol. The molecular formula is C13H10N2O3. The minimum absolute atomic E-state index is 0.0425. The van der Waals surface area contributed by atoms with E-state index in [-0.39, 0.29) is 16.8 Å². The van der Waals surface area contributed by atoms with Crippen molar-refractivity contribution in [3.8, 4) is 5.75 Å². The highest BCUT2D eigenvalue weighted by atomic mass is 16.5. The summed E-state index contributed by atoms with van der Waals surface area (Å²) < 4.78 is 1.38. The molecule has 5 heteroatoms. The molecule has 0 aliphatic rings. The Morgan fingerprint density at radius 2 is 1.39 bits per heavy atom. The Kier molecular flexibility index (Phi) is 2.04. The van der Waals surface area contributed by atoms with Gasteiger partial charge in [-0.25, -0.2) is 0 Å². The van der Waals surface area contributed by atoms with Crippen molar-refractivity contribution in [1.29, 1.82) is 0 Å². The molecule has 0 radical (unpaired) electrons. The Balaban J connectivity index is 2.61. The quantitative estimate of drug-likeness (QED) is 0.366. The molecule has 0 saturated heterocycles. The van der Waals surface area contributed by atoms with Crippen LogP contribution in [0.25, 0.3) is 22.1 Å². The molecule has 0 aliphatic carbocycles. The first-order valence-corrected chi connectivity index (χ1v) is 5.46. The van der Waals surface area contributed by atoms with Crippen LogP contribution in [-0.4, -0.2) is 5.11 Å². The Bertz CT molecular complexity index is 721. The van der Waals surface area contributed by atoms with Crippen molar-refractivity contribution >= 4 is 22.1 Å². The van der Waals surface area contributed by atoms with Crippen LogP contribution < -0.4 is 9.46 Å². The summed E-state index contributed by atoms with van der Waals surface area (Å²) in [5, 5.41) is 33.8. The van der Waals surface area contributed by atoms with E-state index in [2.05, 4.69) is 0 Å². The van der Waals surface area contributed by atoms with E-state index in [1.54, 1.807) is 18.2 Å². The van der Waals surface area contributed by atoms with Crippen LogP contribution in [0.5, 0.6) is 5.75 Å².